The highest BCUT2D eigenvalue weighted by atomic mass is 32.2. The zero-order valence-electron chi connectivity index (χ0n) is 15.0. The summed E-state index contributed by atoms with van der Waals surface area (Å²) in [6, 6.07) is 6.07. The molecule has 0 unspecified atom stereocenters. The maximum atomic E-state index is 12.6. The molecule has 1 aromatic carbocycles. The van der Waals surface area contributed by atoms with Crippen LogP contribution in [0, 0.1) is 0 Å². The summed E-state index contributed by atoms with van der Waals surface area (Å²) < 4.78 is 23.7. The number of sulfone groups is 1. The van der Waals surface area contributed by atoms with Gasteiger partial charge in [-0.3, -0.25) is 14.5 Å². The first-order valence-electron chi connectivity index (χ1n) is 8.59. The smallest absolute Gasteiger partial charge is 0.253 e. The molecule has 0 radical (unpaired) electrons. The Labute approximate surface area is 154 Å². The van der Waals surface area contributed by atoms with Gasteiger partial charge in [0.05, 0.1) is 17.2 Å². The fraction of sp³-hybridized carbons (Fsp3) is 0.444. The van der Waals surface area contributed by atoms with Crippen molar-refractivity contribution in [3.63, 3.8) is 0 Å². The van der Waals surface area contributed by atoms with Gasteiger partial charge in [-0.1, -0.05) is 13.0 Å². The predicted octanol–water partition coefficient (Wildman–Crippen LogP) is 0.540. The highest BCUT2D eigenvalue weighted by Crippen LogP contribution is 2.14. The quantitative estimate of drug-likeness (QED) is 0.699. The Kier molecular flexibility index (Phi) is 6.93. The number of amides is 2. The normalized spacial score (nSPS) is 15.5. The van der Waals surface area contributed by atoms with Crippen LogP contribution in [0.2, 0.25) is 0 Å². The standard InChI is InChI=1S/C18H25N3O4S/c1-3-9-19-17(22)14-20-10-12-21(13-11-20)18(23)15-5-7-16(8-6-15)26(24,25)4-2/h3,5-8H,1,4,9-14H2,2H3,(H,19,22). The summed E-state index contributed by atoms with van der Waals surface area (Å²) in [5.41, 5.74) is 0.470. The van der Waals surface area contributed by atoms with E-state index in [-0.39, 0.29) is 22.5 Å². The van der Waals surface area contributed by atoms with Crippen molar-refractivity contribution in [2.75, 3.05) is 45.0 Å². The number of rotatable bonds is 7. The Balaban J connectivity index is 1.90. The van der Waals surface area contributed by atoms with Crippen LogP contribution >= 0.6 is 0 Å². The van der Waals surface area contributed by atoms with Crippen LogP contribution in [-0.4, -0.2) is 75.1 Å². The van der Waals surface area contributed by atoms with Gasteiger partial charge in [-0.2, -0.15) is 0 Å². The number of hydrogen-bond donors (Lipinski definition) is 1. The molecular formula is C18H25N3O4S. The minimum absolute atomic E-state index is 0.0304. The molecule has 142 valence electrons. The lowest BCUT2D eigenvalue weighted by molar-refractivity contribution is -0.122. The molecule has 1 fully saturated rings. The van der Waals surface area contributed by atoms with Crippen molar-refractivity contribution in [3.05, 3.63) is 42.5 Å². The van der Waals surface area contributed by atoms with Gasteiger partial charge in [-0.05, 0) is 24.3 Å². The average molecular weight is 379 g/mol. The number of carbonyl (C=O) groups is 2. The fourth-order valence-electron chi connectivity index (χ4n) is 2.71. The molecular weight excluding hydrogens is 354 g/mol. The molecule has 0 aliphatic carbocycles. The maximum absolute atomic E-state index is 12.6. The zero-order chi connectivity index (χ0) is 19.2. The van der Waals surface area contributed by atoms with Crippen molar-refractivity contribution < 1.29 is 18.0 Å². The first-order valence-corrected chi connectivity index (χ1v) is 10.2. The maximum Gasteiger partial charge on any atom is 0.253 e. The van der Waals surface area contributed by atoms with E-state index in [9.17, 15) is 18.0 Å². The van der Waals surface area contributed by atoms with Crippen LogP contribution in [0.3, 0.4) is 0 Å². The van der Waals surface area contributed by atoms with Crippen LogP contribution in [0.15, 0.2) is 41.8 Å². The molecule has 0 spiro atoms. The Hall–Kier alpha value is -2.19. The molecule has 0 bridgehead atoms. The predicted molar refractivity (Wildman–Crippen MR) is 99.7 cm³/mol. The third-order valence-electron chi connectivity index (χ3n) is 4.31. The molecule has 1 aromatic rings. The summed E-state index contributed by atoms with van der Waals surface area (Å²) in [5.74, 6) is -0.151. The van der Waals surface area contributed by atoms with Gasteiger partial charge >= 0.3 is 0 Å². The van der Waals surface area contributed by atoms with Crippen LogP contribution in [0.1, 0.15) is 17.3 Å². The summed E-state index contributed by atoms with van der Waals surface area (Å²) in [5, 5.41) is 2.73. The van der Waals surface area contributed by atoms with Gasteiger partial charge in [0, 0.05) is 38.3 Å². The topological polar surface area (TPSA) is 86.8 Å². The Morgan fingerprint density at radius 2 is 1.77 bits per heavy atom. The minimum atomic E-state index is -3.27. The monoisotopic (exact) mass is 379 g/mol. The van der Waals surface area contributed by atoms with Gasteiger partial charge < -0.3 is 10.2 Å². The van der Waals surface area contributed by atoms with E-state index in [1.54, 1.807) is 30.0 Å². The molecule has 1 aliphatic rings. The molecule has 2 rings (SSSR count). The Morgan fingerprint density at radius 1 is 1.15 bits per heavy atom. The summed E-state index contributed by atoms with van der Waals surface area (Å²) in [6.07, 6.45) is 1.63. The molecule has 1 N–H and O–H groups in total. The largest absolute Gasteiger partial charge is 0.352 e. The number of piperazine rings is 1. The van der Waals surface area contributed by atoms with Gasteiger partial charge in [0.25, 0.3) is 5.91 Å². The number of benzene rings is 1. The van der Waals surface area contributed by atoms with Gasteiger partial charge in [0.15, 0.2) is 9.84 Å². The second kappa shape index (κ2) is 8.95. The highest BCUT2D eigenvalue weighted by Gasteiger charge is 2.23. The zero-order valence-corrected chi connectivity index (χ0v) is 15.8. The van der Waals surface area contributed by atoms with Crippen molar-refractivity contribution in [3.8, 4) is 0 Å². The van der Waals surface area contributed by atoms with Crippen molar-refractivity contribution in [2.45, 2.75) is 11.8 Å². The molecule has 0 atom stereocenters. The first-order chi connectivity index (χ1) is 12.4. The van der Waals surface area contributed by atoms with E-state index in [0.29, 0.717) is 44.8 Å². The molecule has 7 nitrogen and oxygen atoms in total. The van der Waals surface area contributed by atoms with E-state index in [2.05, 4.69) is 11.9 Å². The highest BCUT2D eigenvalue weighted by molar-refractivity contribution is 7.91. The van der Waals surface area contributed by atoms with E-state index < -0.39 is 9.84 Å². The van der Waals surface area contributed by atoms with Gasteiger partial charge in [0.1, 0.15) is 0 Å². The molecule has 0 saturated carbocycles. The van der Waals surface area contributed by atoms with E-state index in [1.165, 1.54) is 12.1 Å². The third-order valence-corrected chi connectivity index (χ3v) is 6.06. The molecule has 1 heterocycles. The third kappa shape index (κ3) is 5.15. The van der Waals surface area contributed by atoms with Crippen LogP contribution in [-0.2, 0) is 14.6 Å². The summed E-state index contributed by atoms with van der Waals surface area (Å²) >= 11 is 0. The first kappa shape index (κ1) is 20.1. The van der Waals surface area contributed by atoms with Crippen LogP contribution < -0.4 is 5.32 Å². The molecule has 26 heavy (non-hydrogen) atoms. The Bertz CT molecular complexity index is 751. The molecule has 2 amide bonds. The second-order valence-electron chi connectivity index (χ2n) is 6.09. The van der Waals surface area contributed by atoms with E-state index in [1.807, 2.05) is 4.90 Å². The summed E-state index contributed by atoms with van der Waals surface area (Å²) in [7, 11) is -3.27. The van der Waals surface area contributed by atoms with E-state index in [0.717, 1.165) is 0 Å². The SMILES string of the molecule is C=CCNC(=O)CN1CCN(C(=O)c2ccc(S(=O)(=O)CC)cc2)CC1. The summed E-state index contributed by atoms with van der Waals surface area (Å²) in [4.78, 5) is 28.2. The number of hydrogen-bond acceptors (Lipinski definition) is 5. The molecule has 1 saturated heterocycles. The van der Waals surface area contributed by atoms with Crippen LogP contribution in [0.4, 0.5) is 0 Å². The lowest BCUT2D eigenvalue weighted by atomic mass is 10.2. The average Bonchev–Trinajstić information content (AvgIpc) is 2.66. The lowest BCUT2D eigenvalue weighted by Crippen LogP contribution is -2.51. The van der Waals surface area contributed by atoms with Gasteiger partial charge in [-0.15, -0.1) is 6.58 Å². The molecule has 1 aliphatic heterocycles. The molecule has 0 aromatic heterocycles. The van der Waals surface area contributed by atoms with Crippen LogP contribution in [0.25, 0.3) is 0 Å². The van der Waals surface area contributed by atoms with Crippen molar-refractivity contribution in [1.82, 2.24) is 15.1 Å². The fourth-order valence-corrected chi connectivity index (χ4v) is 3.59. The van der Waals surface area contributed by atoms with E-state index >= 15 is 0 Å². The summed E-state index contributed by atoms with van der Waals surface area (Å²) in [6.45, 7) is 8.20. The Morgan fingerprint density at radius 3 is 2.31 bits per heavy atom. The van der Waals surface area contributed by atoms with Crippen LogP contribution in [0.5, 0.6) is 0 Å². The van der Waals surface area contributed by atoms with Crippen molar-refractivity contribution >= 4 is 21.7 Å². The van der Waals surface area contributed by atoms with Gasteiger partial charge in [-0.25, -0.2) is 8.42 Å². The number of carbonyl (C=O) groups excluding carboxylic acids is 2. The minimum Gasteiger partial charge on any atom is -0.352 e. The number of nitrogens with one attached hydrogen (secondary N) is 1. The molecule has 8 heteroatoms. The van der Waals surface area contributed by atoms with Crippen molar-refractivity contribution in [1.29, 1.82) is 0 Å². The van der Waals surface area contributed by atoms with Gasteiger partial charge in [0.2, 0.25) is 5.91 Å². The lowest BCUT2D eigenvalue weighted by Gasteiger charge is -2.34. The number of nitrogens with zero attached hydrogens (tertiary/aromatic N) is 2. The van der Waals surface area contributed by atoms with Crippen molar-refractivity contribution in [2.24, 2.45) is 0 Å². The second-order valence-corrected chi connectivity index (χ2v) is 8.37. The van der Waals surface area contributed by atoms with E-state index in [4.69, 9.17) is 0 Å².